The normalized spacial score (nSPS) is 9.71. The molecule has 3 rings (SSSR count). The molecule has 2 nitrogen and oxygen atoms in total. The van der Waals surface area contributed by atoms with Gasteiger partial charge in [-0.15, -0.1) is 24.3 Å². The number of hydrogen-bond acceptors (Lipinski definition) is 2. The fourth-order valence-electron chi connectivity index (χ4n) is 1.92. The standard InChI is InChI=1S/C17H13N2.BrH.Pt/c1-13-8-9-17(19-12-13)15-6-4-5-14(11-15)16-7-2-3-10-18-16;;/h2-10,12H,1H3;1H;/q-1;;+2/p-1. The van der Waals surface area contributed by atoms with Gasteiger partial charge in [0, 0.05) is 23.8 Å². The Labute approximate surface area is 142 Å². The molecule has 3 aromatic rings. The molecule has 0 radical (unpaired) electrons. The molecule has 2 heterocycles. The summed E-state index contributed by atoms with van der Waals surface area (Å²) in [7, 11) is 0. The van der Waals surface area contributed by atoms with Gasteiger partial charge in [0.2, 0.25) is 0 Å². The third kappa shape index (κ3) is 4.33. The first-order chi connectivity index (χ1) is 10.3. The van der Waals surface area contributed by atoms with Crippen molar-refractivity contribution in [2.45, 2.75) is 6.92 Å². The molecule has 0 bridgehead atoms. The summed E-state index contributed by atoms with van der Waals surface area (Å²) in [6, 6.07) is 19.4. The van der Waals surface area contributed by atoms with Gasteiger partial charge in [0.25, 0.3) is 0 Å². The maximum absolute atomic E-state index is 4.43. The van der Waals surface area contributed by atoms with Crippen LogP contribution in [0.3, 0.4) is 0 Å². The summed E-state index contributed by atoms with van der Waals surface area (Å²) in [4.78, 5) is 8.78. The molecule has 0 amide bonds. The second kappa shape index (κ2) is 8.21. The first-order valence-corrected chi connectivity index (χ1v) is 11.3. The third-order valence-corrected chi connectivity index (χ3v) is 2.92. The van der Waals surface area contributed by atoms with Gasteiger partial charge in [-0.3, -0.25) is 9.97 Å². The Morgan fingerprint density at radius 2 is 1.57 bits per heavy atom. The van der Waals surface area contributed by atoms with Crippen LogP contribution in [0.4, 0.5) is 0 Å². The molecule has 0 spiro atoms. The van der Waals surface area contributed by atoms with E-state index >= 15 is 0 Å². The minimum atomic E-state index is 0.927. The molecular formula is C17H13BrN2Pt. The molecule has 0 fully saturated rings. The Bertz CT molecular complexity index is 685. The number of aromatic nitrogens is 2. The monoisotopic (exact) mass is 519 g/mol. The fraction of sp³-hybridized carbons (Fsp3) is 0.0588. The Hall–Kier alpha value is -1.31. The van der Waals surface area contributed by atoms with E-state index in [9.17, 15) is 0 Å². The van der Waals surface area contributed by atoms with E-state index in [0.29, 0.717) is 0 Å². The predicted molar refractivity (Wildman–Crippen MR) is 85.4 cm³/mol. The van der Waals surface area contributed by atoms with Crippen molar-refractivity contribution in [1.82, 2.24) is 9.97 Å². The average Bonchev–Trinajstić information content (AvgIpc) is 2.58. The van der Waals surface area contributed by atoms with Crippen LogP contribution in [0.1, 0.15) is 5.56 Å². The van der Waals surface area contributed by atoms with Gasteiger partial charge in [0.05, 0.1) is 0 Å². The Morgan fingerprint density at radius 1 is 0.857 bits per heavy atom. The molecule has 0 saturated carbocycles. The number of benzene rings is 1. The van der Waals surface area contributed by atoms with Crippen LogP contribution in [0.15, 0.2) is 60.9 Å². The van der Waals surface area contributed by atoms with Crippen molar-refractivity contribution in [3.8, 4) is 22.5 Å². The van der Waals surface area contributed by atoms with Crippen molar-refractivity contribution in [3.63, 3.8) is 0 Å². The van der Waals surface area contributed by atoms with E-state index in [-0.39, 0.29) is 0 Å². The Morgan fingerprint density at radius 3 is 2.14 bits per heavy atom. The molecule has 21 heavy (non-hydrogen) atoms. The van der Waals surface area contributed by atoms with E-state index in [4.69, 9.17) is 0 Å². The number of pyridine rings is 2. The molecule has 0 aliphatic carbocycles. The van der Waals surface area contributed by atoms with Crippen LogP contribution < -0.4 is 0 Å². The Kier molecular flexibility index (Phi) is 6.28. The maximum atomic E-state index is 4.43. The molecule has 0 saturated heterocycles. The van der Waals surface area contributed by atoms with Crippen molar-refractivity contribution in [2.75, 3.05) is 0 Å². The number of halogens is 1. The van der Waals surface area contributed by atoms with Crippen LogP contribution in [0.5, 0.6) is 0 Å². The Balaban J connectivity index is 0.000000774. The van der Waals surface area contributed by atoms with Gasteiger partial charge in [-0.2, -0.15) is 0 Å². The van der Waals surface area contributed by atoms with Crippen LogP contribution in [0.2, 0.25) is 0 Å². The molecule has 0 N–H and O–H groups in total. The van der Waals surface area contributed by atoms with Crippen LogP contribution in [0, 0.1) is 13.0 Å². The van der Waals surface area contributed by atoms with Crippen molar-refractivity contribution < 1.29 is 17.8 Å². The molecule has 1 aromatic carbocycles. The fourth-order valence-corrected chi connectivity index (χ4v) is 1.92. The number of hydrogen-bond donors (Lipinski definition) is 0. The minimum absolute atomic E-state index is 0.927. The van der Waals surface area contributed by atoms with Gasteiger partial charge < -0.3 is 0 Å². The molecule has 4 heteroatoms. The van der Waals surface area contributed by atoms with E-state index in [1.54, 1.807) is 6.20 Å². The first kappa shape index (κ1) is 16.1. The van der Waals surface area contributed by atoms with E-state index in [1.165, 1.54) is 0 Å². The van der Waals surface area contributed by atoms with Crippen LogP contribution in [-0.4, -0.2) is 9.97 Å². The summed E-state index contributed by atoms with van der Waals surface area (Å²) in [5, 5.41) is 0. The van der Waals surface area contributed by atoms with Gasteiger partial charge in [0.1, 0.15) is 0 Å². The molecule has 0 unspecified atom stereocenters. The molecule has 0 aliphatic rings. The van der Waals surface area contributed by atoms with Crippen molar-refractivity contribution in [2.24, 2.45) is 0 Å². The van der Waals surface area contributed by atoms with Gasteiger partial charge in [-0.05, 0) is 18.6 Å². The van der Waals surface area contributed by atoms with Gasteiger partial charge >= 0.3 is 31.1 Å². The zero-order valence-corrected chi connectivity index (χ0v) is 15.2. The van der Waals surface area contributed by atoms with Gasteiger partial charge in [0.15, 0.2) is 0 Å². The SMILES string of the molecule is Cc1ccc(-c2[c-]c(-c3ccccn3)ccc2)nc1.[Br][Pt+]. The summed E-state index contributed by atoms with van der Waals surface area (Å²) in [6.07, 6.45) is 3.66. The second-order valence-corrected chi connectivity index (χ2v) is 4.41. The van der Waals surface area contributed by atoms with Crippen molar-refractivity contribution in [3.05, 3.63) is 72.6 Å². The third-order valence-electron chi connectivity index (χ3n) is 2.92. The van der Waals surface area contributed by atoms with Gasteiger partial charge in [-0.1, -0.05) is 35.4 Å². The summed E-state index contributed by atoms with van der Waals surface area (Å²) in [5.41, 5.74) is 4.99. The molecule has 108 valence electrons. The summed E-state index contributed by atoms with van der Waals surface area (Å²) in [5.74, 6) is 0. The van der Waals surface area contributed by atoms with Crippen LogP contribution in [0.25, 0.3) is 22.5 Å². The number of rotatable bonds is 2. The average molecular weight is 520 g/mol. The van der Waals surface area contributed by atoms with Crippen molar-refractivity contribution in [1.29, 1.82) is 0 Å². The van der Waals surface area contributed by atoms with E-state index in [1.807, 2.05) is 73.3 Å². The van der Waals surface area contributed by atoms with E-state index in [0.717, 1.165) is 28.1 Å². The summed E-state index contributed by atoms with van der Waals surface area (Å²) in [6.45, 7) is 2.03. The molecular weight excluding hydrogens is 507 g/mol. The quantitative estimate of drug-likeness (QED) is 0.456. The van der Waals surface area contributed by atoms with Crippen LogP contribution in [-0.2, 0) is 17.8 Å². The predicted octanol–water partition coefficient (Wildman–Crippen LogP) is 4.76. The molecule has 0 aliphatic heterocycles. The zero-order chi connectivity index (χ0) is 15.1. The first-order valence-electron chi connectivity index (χ1n) is 6.32. The van der Waals surface area contributed by atoms with E-state index in [2.05, 4.69) is 35.4 Å². The topological polar surface area (TPSA) is 25.8 Å². The van der Waals surface area contributed by atoms with Crippen LogP contribution >= 0.6 is 13.3 Å². The summed E-state index contributed by atoms with van der Waals surface area (Å²) < 4.78 is 0. The zero-order valence-electron chi connectivity index (χ0n) is 11.4. The number of nitrogens with zero attached hydrogens (tertiary/aromatic N) is 2. The molecule has 0 atom stereocenters. The number of aryl methyl sites for hydroxylation is 1. The van der Waals surface area contributed by atoms with E-state index < -0.39 is 0 Å². The summed E-state index contributed by atoms with van der Waals surface area (Å²) >= 11 is 4.86. The second-order valence-electron chi connectivity index (χ2n) is 4.41. The van der Waals surface area contributed by atoms with Gasteiger partial charge in [-0.25, -0.2) is 0 Å². The van der Waals surface area contributed by atoms with Crippen molar-refractivity contribution >= 4 is 13.3 Å². The molecule has 2 aromatic heterocycles.